The number of amides is 1. The third kappa shape index (κ3) is 4.00. The summed E-state index contributed by atoms with van der Waals surface area (Å²) in [5.74, 6) is -0.670. The lowest BCUT2D eigenvalue weighted by atomic mass is 9.95. The van der Waals surface area contributed by atoms with E-state index in [0.29, 0.717) is 28.6 Å². The number of methoxy groups -OCH3 is 2. The van der Waals surface area contributed by atoms with Crippen molar-refractivity contribution in [3.8, 4) is 11.5 Å². The molecule has 1 atom stereocenters. The zero-order chi connectivity index (χ0) is 21.8. The van der Waals surface area contributed by atoms with E-state index >= 15 is 0 Å². The van der Waals surface area contributed by atoms with Gasteiger partial charge in [0.05, 0.1) is 31.4 Å². The number of benzene rings is 2. The Bertz CT molecular complexity index is 984. The molecule has 2 aromatic rings. The summed E-state index contributed by atoms with van der Waals surface area (Å²) in [6, 6.07) is 11.1. The van der Waals surface area contributed by atoms with E-state index in [9.17, 15) is 14.7 Å². The number of carbonyl (C=O) groups is 2. The predicted molar refractivity (Wildman–Crippen MR) is 115 cm³/mol. The second-order valence-corrected chi connectivity index (χ2v) is 7.40. The third-order valence-corrected chi connectivity index (χ3v) is 5.38. The Morgan fingerprint density at radius 2 is 1.80 bits per heavy atom. The minimum atomic E-state index is -0.730. The fourth-order valence-corrected chi connectivity index (χ4v) is 3.75. The third-order valence-electron chi connectivity index (χ3n) is 5.14. The molecule has 0 saturated carbocycles. The molecular weight excluding hydrogens is 406 g/mol. The number of nitrogens with zero attached hydrogens (tertiary/aromatic N) is 1. The highest BCUT2D eigenvalue weighted by Crippen LogP contribution is 2.41. The van der Waals surface area contributed by atoms with Gasteiger partial charge in [0, 0.05) is 11.6 Å². The molecule has 1 fully saturated rings. The van der Waals surface area contributed by atoms with Gasteiger partial charge in [-0.3, -0.25) is 9.59 Å². The van der Waals surface area contributed by atoms with Crippen molar-refractivity contribution in [2.45, 2.75) is 25.8 Å². The molecule has 6 nitrogen and oxygen atoms in total. The van der Waals surface area contributed by atoms with Gasteiger partial charge < -0.3 is 19.5 Å². The van der Waals surface area contributed by atoms with Gasteiger partial charge in [-0.05, 0) is 42.3 Å². The van der Waals surface area contributed by atoms with E-state index < -0.39 is 17.7 Å². The number of ketones is 1. The monoisotopic (exact) mass is 429 g/mol. The summed E-state index contributed by atoms with van der Waals surface area (Å²) >= 11 is 6.11. The molecule has 158 valence electrons. The van der Waals surface area contributed by atoms with Gasteiger partial charge in [0.15, 0.2) is 0 Å². The van der Waals surface area contributed by atoms with Gasteiger partial charge in [-0.15, -0.1) is 0 Å². The first-order valence-electron chi connectivity index (χ1n) is 9.69. The first kappa shape index (κ1) is 21.7. The number of ether oxygens (including phenoxy) is 2. The smallest absolute Gasteiger partial charge is 0.295 e. The van der Waals surface area contributed by atoms with Crippen LogP contribution < -0.4 is 9.47 Å². The minimum absolute atomic E-state index is 0.0156. The van der Waals surface area contributed by atoms with Crippen LogP contribution >= 0.6 is 11.6 Å². The molecule has 0 bridgehead atoms. The topological polar surface area (TPSA) is 76.1 Å². The van der Waals surface area contributed by atoms with Crippen LogP contribution in [0.4, 0.5) is 0 Å². The lowest BCUT2D eigenvalue weighted by molar-refractivity contribution is -0.139. The van der Waals surface area contributed by atoms with Crippen molar-refractivity contribution in [3.63, 3.8) is 0 Å². The van der Waals surface area contributed by atoms with Crippen molar-refractivity contribution >= 4 is 29.1 Å². The predicted octanol–water partition coefficient (Wildman–Crippen LogP) is 4.58. The quantitative estimate of drug-likeness (QED) is 0.396. The average Bonchev–Trinajstić information content (AvgIpc) is 3.01. The molecular formula is C23H24ClNO5. The first-order valence-corrected chi connectivity index (χ1v) is 10.1. The Balaban J connectivity index is 2.20. The van der Waals surface area contributed by atoms with E-state index in [0.717, 1.165) is 12.8 Å². The van der Waals surface area contributed by atoms with Gasteiger partial charge >= 0.3 is 0 Å². The van der Waals surface area contributed by atoms with Crippen molar-refractivity contribution in [3.05, 3.63) is 64.2 Å². The molecule has 30 heavy (non-hydrogen) atoms. The van der Waals surface area contributed by atoms with Crippen LogP contribution in [-0.2, 0) is 9.59 Å². The van der Waals surface area contributed by atoms with E-state index in [1.807, 2.05) is 6.92 Å². The van der Waals surface area contributed by atoms with E-state index in [2.05, 4.69) is 0 Å². The molecule has 1 amide bonds. The summed E-state index contributed by atoms with van der Waals surface area (Å²) in [7, 11) is 3.02. The maximum Gasteiger partial charge on any atom is 0.295 e. The second kappa shape index (κ2) is 9.22. The normalized spacial score (nSPS) is 18.0. The van der Waals surface area contributed by atoms with Gasteiger partial charge in [-0.2, -0.15) is 0 Å². The summed E-state index contributed by atoms with van der Waals surface area (Å²) in [6.07, 6.45) is 1.60. The summed E-state index contributed by atoms with van der Waals surface area (Å²) in [5, 5.41) is 11.5. The van der Waals surface area contributed by atoms with Crippen LogP contribution in [0.5, 0.6) is 11.5 Å². The Morgan fingerprint density at radius 1 is 1.10 bits per heavy atom. The molecule has 1 aliphatic rings. The van der Waals surface area contributed by atoms with Gasteiger partial charge in [0.1, 0.15) is 17.3 Å². The van der Waals surface area contributed by atoms with Gasteiger partial charge in [0.25, 0.3) is 11.7 Å². The largest absolute Gasteiger partial charge is 0.507 e. The zero-order valence-electron chi connectivity index (χ0n) is 17.1. The number of aliphatic hydroxyl groups excluding tert-OH is 1. The second-order valence-electron chi connectivity index (χ2n) is 6.96. The fraction of sp³-hybridized carbons (Fsp3) is 0.304. The number of rotatable bonds is 7. The van der Waals surface area contributed by atoms with Crippen molar-refractivity contribution in [2.24, 2.45) is 0 Å². The highest BCUT2D eigenvalue weighted by Gasteiger charge is 2.46. The van der Waals surface area contributed by atoms with Crippen LogP contribution in [0, 0.1) is 0 Å². The average molecular weight is 430 g/mol. The lowest BCUT2D eigenvalue weighted by Crippen LogP contribution is -2.30. The number of carbonyl (C=O) groups excluding carboxylic acids is 2. The summed E-state index contributed by atoms with van der Waals surface area (Å²) in [6.45, 7) is 2.41. The van der Waals surface area contributed by atoms with E-state index in [4.69, 9.17) is 21.1 Å². The number of Topliss-reactive ketones (excluding diaryl/α,β-unsaturated/α-hetero) is 1. The molecule has 1 unspecified atom stereocenters. The molecule has 0 spiro atoms. The van der Waals surface area contributed by atoms with Gasteiger partial charge in [-0.25, -0.2) is 0 Å². The lowest BCUT2D eigenvalue weighted by Gasteiger charge is -2.25. The maximum atomic E-state index is 13.0. The van der Waals surface area contributed by atoms with Crippen LogP contribution in [0.25, 0.3) is 5.76 Å². The number of unbranched alkanes of at least 4 members (excludes halogenated alkanes) is 1. The van der Waals surface area contributed by atoms with Crippen molar-refractivity contribution < 1.29 is 24.2 Å². The molecule has 7 heteroatoms. The molecule has 0 radical (unpaired) electrons. The Kier molecular flexibility index (Phi) is 6.67. The highest BCUT2D eigenvalue weighted by molar-refractivity contribution is 6.46. The van der Waals surface area contributed by atoms with Crippen molar-refractivity contribution in [2.75, 3.05) is 20.8 Å². The molecule has 1 N–H and O–H groups in total. The van der Waals surface area contributed by atoms with E-state index in [1.165, 1.54) is 18.1 Å². The van der Waals surface area contributed by atoms with Crippen molar-refractivity contribution in [1.29, 1.82) is 0 Å². The SMILES string of the molecule is CCCCN1C(=O)C(=O)/C(=C(/O)c2cc(Cl)ccc2OC)C1c1ccc(OC)cc1. The Labute approximate surface area is 180 Å². The van der Waals surface area contributed by atoms with Crippen LogP contribution in [0.1, 0.15) is 36.9 Å². The van der Waals surface area contributed by atoms with E-state index in [1.54, 1.807) is 43.5 Å². The van der Waals surface area contributed by atoms with Crippen LogP contribution in [0.15, 0.2) is 48.0 Å². The minimum Gasteiger partial charge on any atom is -0.507 e. The van der Waals surface area contributed by atoms with Crippen LogP contribution in [-0.4, -0.2) is 42.5 Å². The molecule has 1 saturated heterocycles. The number of likely N-dealkylation sites (tertiary alicyclic amines) is 1. The van der Waals surface area contributed by atoms with Gasteiger partial charge in [0.2, 0.25) is 0 Å². The highest BCUT2D eigenvalue weighted by atomic mass is 35.5. The number of aliphatic hydroxyl groups is 1. The maximum absolute atomic E-state index is 13.0. The number of hydrogen-bond donors (Lipinski definition) is 1. The van der Waals surface area contributed by atoms with E-state index in [-0.39, 0.29) is 16.9 Å². The summed E-state index contributed by atoms with van der Waals surface area (Å²) < 4.78 is 10.5. The van der Waals surface area contributed by atoms with Gasteiger partial charge in [-0.1, -0.05) is 37.1 Å². The van der Waals surface area contributed by atoms with Crippen LogP contribution in [0.2, 0.25) is 5.02 Å². The van der Waals surface area contributed by atoms with Crippen molar-refractivity contribution in [1.82, 2.24) is 4.90 Å². The zero-order valence-corrected chi connectivity index (χ0v) is 17.9. The van der Waals surface area contributed by atoms with Crippen LogP contribution in [0.3, 0.4) is 0 Å². The number of halogens is 1. The molecule has 3 rings (SSSR count). The molecule has 1 heterocycles. The molecule has 2 aromatic carbocycles. The molecule has 0 aromatic heterocycles. The summed E-state index contributed by atoms with van der Waals surface area (Å²) in [4.78, 5) is 27.3. The Morgan fingerprint density at radius 3 is 2.40 bits per heavy atom. The Hall–Kier alpha value is -2.99. The molecule has 1 aliphatic heterocycles. The molecule has 0 aliphatic carbocycles. The standard InChI is InChI=1S/C23H24ClNO5/c1-4-5-12-25-20(14-6-9-16(29-2)10-7-14)19(22(27)23(25)28)21(26)17-13-15(24)8-11-18(17)30-3/h6-11,13,20,26H,4-5,12H2,1-3H3/b21-19+. The fourth-order valence-electron chi connectivity index (χ4n) is 3.58. The first-order chi connectivity index (χ1) is 14.4. The summed E-state index contributed by atoms with van der Waals surface area (Å²) in [5.41, 5.74) is 0.979. The number of hydrogen-bond acceptors (Lipinski definition) is 5.